The van der Waals surface area contributed by atoms with Crippen LogP contribution in [0.25, 0.3) is 0 Å². The van der Waals surface area contributed by atoms with Gasteiger partial charge in [0.25, 0.3) is 10.0 Å². The summed E-state index contributed by atoms with van der Waals surface area (Å²) in [5.41, 5.74) is 3.28. The van der Waals surface area contributed by atoms with Crippen LogP contribution in [0.3, 0.4) is 0 Å². The highest BCUT2D eigenvalue weighted by Gasteiger charge is 2.61. The van der Waals surface area contributed by atoms with Gasteiger partial charge in [0.15, 0.2) is 0 Å². The van der Waals surface area contributed by atoms with Crippen molar-refractivity contribution < 1.29 is 16.8 Å². The van der Waals surface area contributed by atoms with Gasteiger partial charge >= 0.3 is 0 Å². The van der Waals surface area contributed by atoms with Gasteiger partial charge in [0.05, 0.1) is 16.6 Å². The Morgan fingerprint density at radius 1 is 1.00 bits per heavy atom. The van der Waals surface area contributed by atoms with Gasteiger partial charge in [-0.1, -0.05) is 35.9 Å². The summed E-state index contributed by atoms with van der Waals surface area (Å²) in [5.74, 6) is 0. The predicted octanol–water partition coefficient (Wildman–Crippen LogP) is 2.26. The number of hydrogen-bond acceptors (Lipinski definition) is 5. The van der Waals surface area contributed by atoms with Crippen molar-refractivity contribution in [2.75, 3.05) is 31.3 Å². The molecule has 1 fully saturated rings. The molecule has 0 unspecified atom stereocenters. The molecule has 0 radical (unpaired) electrons. The number of hydrogen-bond donors (Lipinski definition) is 0. The first kappa shape index (κ1) is 20.5. The van der Waals surface area contributed by atoms with Crippen LogP contribution in [0.4, 0.5) is 5.69 Å². The molecule has 9 heteroatoms. The highest BCUT2D eigenvalue weighted by atomic mass is 32.2. The smallest absolute Gasteiger partial charge is 0.265 e. The molecular formula is C22H25N3O4S2. The Hall–Kier alpha value is -2.36. The highest BCUT2D eigenvalue weighted by molar-refractivity contribution is 7.89. The molecule has 31 heavy (non-hydrogen) atoms. The van der Waals surface area contributed by atoms with Gasteiger partial charge in [0.1, 0.15) is 6.17 Å². The Labute approximate surface area is 183 Å². The summed E-state index contributed by atoms with van der Waals surface area (Å²) in [7, 11) is -5.30. The molecule has 0 aliphatic carbocycles. The lowest BCUT2D eigenvalue weighted by atomic mass is 9.71. The molecule has 0 aromatic heterocycles. The molecule has 3 aliphatic heterocycles. The first-order valence-corrected chi connectivity index (χ1v) is 13.4. The lowest BCUT2D eigenvalue weighted by molar-refractivity contribution is 0.254. The third-order valence-corrected chi connectivity index (χ3v) is 9.81. The SMILES string of the molecule is Cc1ccc(S(=O)(=O)N2C=C3CN(S(C)(=O)=O)CC[C@@]34c3ccccc3N(C)[C@H]24)cc1. The maximum absolute atomic E-state index is 13.7. The summed E-state index contributed by atoms with van der Waals surface area (Å²) in [4.78, 5) is 2.24. The van der Waals surface area contributed by atoms with E-state index in [9.17, 15) is 16.8 Å². The molecule has 164 valence electrons. The van der Waals surface area contributed by atoms with Crippen LogP contribution in [-0.2, 0) is 25.5 Å². The molecule has 7 nitrogen and oxygen atoms in total. The molecular weight excluding hydrogens is 434 g/mol. The number of piperidine rings is 1. The van der Waals surface area contributed by atoms with Crippen LogP contribution < -0.4 is 4.90 Å². The van der Waals surface area contributed by atoms with Gasteiger partial charge < -0.3 is 4.90 Å². The minimum atomic E-state index is -3.83. The Morgan fingerprint density at radius 2 is 1.68 bits per heavy atom. The summed E-state index contributed by atoms with van der Waals surface area (Å²) in [6.07, 6.45) is 2.93. The van der Waals surface area contributed by atoms with Crippen LogP contribution in [-0.4, -0.2) is 58.0 Å². The number of likely N-dealkylation sites (N-methyl/N-ethyl adjacent to an activating group) is 1. The minimum absolute atomic E-state index is 0.192. The number of anilines is 1. The standard InChI is InChI=1S/C22H25N3O4S2/c1-16-8-10-18(11-9-16)31(28,29)25-15-17-14-24(30(3,26)27)13-12-22(17)19-6-4-5-7-20(19)23(2)21(22)25/h4-11,15,21H,12-14H2,1-3H3/t21-,22+/m1/s1. The van der Waals surface area contributed by atoms with E-state index >= 15 is 0 Å². The van der Waals surface area contributed by atoms with E-state index in [1.54, 1.807) is 30.5 Å². The zero-order chi connectivity index (χ0) is 22.2. The van der Waals surface area contributed by atoms with Crippen molar-refractivity contribution in [3.8, 4) is 0 Å². The lowest BCUT2D eigenvalue weighted by Gasteiger charge is -2.42. The molecule has 3 heterocycles. The summed E-state index contributed by atoms with van der Waals surface area (Å²) in [5, 5.41) is 0. The zero-order valence-electron chi connectivity index (χ0n) is 17.7. The maximum atomic E-state index is 13.7. The van der Waals surface area contributed by atoms with Crippen molar-refractivity contribution in [1.82, 2.24) is 8.61 Å². The molecule has 0 saturated carbocycles. The Kier molecular flexibility index (Phi) is 4.35. The molecule has 1 spiro atoms. The van der Waals surface area contributed by atoms with Gasteiger partial charge in [-0.3, -0.25) is 4.31 Å². The van der Waals surface area contributed by atoms with Crippen LogP contribution in [0.5, 0.6) is 0 Å². The number of fused-ring (bicyclic) bond motifs is 1. The second-order valence-electron chi connectivity index (χ2n) is 8.62. The van der Waals surface area contributed by atoms with Crippen LogP contribution in [0, 0.1) is 6.92 Å². The van der Waals surface area contributed by atoms with Crippen LogP contribution >= 0.6 is 0 Å². The minimum Gasteiger partial charge on any atom is -0.352 e. The number of benzene rings is 2. The molecule has 1 saturated heterocycles. The molecule has 5 rings (SSSR count). The quantitative estimate of drug-likeness (QED) is 0.704. The topological polar surface area (TPSA) is 78.0 Å². The Balaban J connectivity index is 1.69. The Bertz CT molecular complexity index is 1300. The van der Waals surface area contributed by atoms with Crippen molar-refractivity contribution in [2.24, 2.45) is 0 Å². The van der Waals surface area contributed by atoms with Crippen molar-refractivity contribution >= 4 is 25.7 Å². The number of nitrogens with zero attached hydrogens (tertiary/aromatic N) is 3. The van der Waals surface area contributed by atoms with E-state index in [-0.39, 0.29) is 11.4 Å². The second kappa shape index (κ2) is 6.57. The molecule has 0 amide bonds. The van der Waals surface area contributed by atoms with E-state index in [1.165, 1.54) is 14.9 Å². The van der Waals surface area contributed by atoms with Gasteiger partial charge in [-0.15, -0.1) is 0 Å². The summed E-state index contributed by atoms with van der Waals surface area (Å²) >= 11 is 0. The summed E-state index contributed by atoms with van der Waals surface area (Å²) in [6.45, 7) is 2.46. The normalized spacial score (nSPS) is 25.8. The van der Waals surface area contributed by atoms with E-state index in [2.05, 4.69) is 0 Å². The fraction of sp³-hybridized carbons (Fsp3) is 0.364. The van der Waals surface area contributed by atoms with Gasteiger partial charge in [-0.25, -0.2) is 16.8 Å². The van der Waals surface area contributed by atoms with Gasteiger partial charge in [0.2, 0.25) is 10.0 Å². The average molecular weight is 460 g/mol. The van der Waals surface area contributed by atoms with E-state index in [0.717, 1.165) is 22.4 Å². The number of para-hydroxylation sites is 1. The van der Waals surface area contributed by atoms with Crippen molar-refractivity contribution in [3.63, 3.8) is 0 Å². The third kappa shape index (κ3) is 2.79. The molecule has 0 N–H and O–H groups in total. The van der Waals surface area contributed by atoms with Crippen LogP contribution in [0.15, 0.2) is 65.2 Å². The van der Waals surface area contributed by atoms with Crippen LogP contribution in [0.1, 0.15) is 17.5 Å². The first-order chi connectivity index (χ1) is 14.6. The molecule has 0 bridgehead atoms. The largest absolute Gasteiger partial charge is 0.352 e. The monoisotopic (exact) mass is 459 g/mol. The lowest BCUT2D eigenvalue weighted by Crippen LogP contribution is -2.55. The van der Waals surface area contributed by atoms with E-state index in [1.807, 2.05) is 43.1 Å². The fourth-order valence-electron chi connectivity index (χ4n) is 5.32. The van der Waals surface area contributed by atoms with Crippen molar-refractivity contribution in [1.29, 1.82) is 0 Å². The number of aryl methyl sites for hydroxylation is 1. The highest BCUT2D eigenvalue weighted by Crippen LogP contribution is 2.58. The fourth-order valence-corrected chi connectivity index (χ4v) is 7.69. The average Bonchev–Trinajstić information content (AvgIpc) is 3.19. The summed E-state index contributed by atoms with van der Waals surface area (Å²) < 4.78 is 54.9. The third-order valence-electron chi connectivity index (χ3n) is 6.84. The summed E-state index contributed by atoms with van der Waals surface area (Å²) in [6, 6.07) is 14.8. The van der Waals surface area contributed by atoms with Crippen molar-refractivity contribution in [3.05, 3.63) is 71.4 Å². The van der Waals surface area contributed by atoms with Gasteiger partial charge in [-0.2, -0.15) is 4.31 Å². The van der Waals surface area contributed by atoms with Crippen LogP contribution in [0.2, 0.25) is 0 Å². The van der Waals surface area contributed by atoms with E-state index < -0.39 is 31.6 Å². The number of rotatable bonds is 3. The maximum Gasteiger partial charge on any atom is 0.265 e. The molecule has 2 atom stereocenters. The molecule has 2 aromatic carbocycles. The predicted molar refractivity (Wildman–Crippen MR) is 120 cm³/mol. The molecule has 2 aromatic rings. The number of sulfonamides is 2. The van der Waals surface area contributed by atoms with Gasteiger partial charge in [-0.05, 0) is 42.7 Å². The molecule has 3 aliphatic rings. The zero-order valence-corrected chi connectivity index (χ0v) is 19.3. The second-order valence-corrected chi connectivity index (χ2v) is 12.4. The van der Waals surface area contributed by atoms with Crippen molar-refractivity contribution in [2.45, 2.75) is 29.8 Å². The first-order valence-electron chi connectivity index (χ1n) is 10.2. The van der Waals surface area contributed by atoms with E-state index in [0.29, 0.717) is 13.0 Å². The van der Waals surface area contributed by atoms with E-state index in [4.69, 9.17) is 0 Å². The Morgan fingerprint density at radius 3 is 2.35 bits per heavy atom. The van der Waals surface area contributed by atoms with Gasteiger partial charge in [0, 0.05) is 32.0 Å².